The Morgan fingerprint density at radius 1 is 0.914 bits per heavy atom. The van der Waals surface area contributed by atoms with Crippen LogP contribution in [0.5, 0.6) is 0 Å². The van der Waals surface area contributed by atoms with Crippen LogP contribution in [-0.4, -0.2) is 31.4 Å². The lowest BCUT2D eigenvalue weighted by atomic mass is 10.2. The van der Waals surface area contributed by atoms with Crippen molar-refractivity contribution in [3.05, 3.63) is 96.2 Å². The Kier molecular flexibility index (Phi) is 6.59. The maximum atomic E-state index is 12.8. The molecule has 0 radical (unpaired) electrons. The predicted octanol–water partition coefficient (Wildman–Crippen LogP) is 6.08. The zero-order valence-corrected chi connectivity index (χ0v) is 20.4. The molecular weight excluding hydrogens is 454 g/mol. The summed E-state index contributed by atoms with van der Waals surface area (Å²) in [5, 5.41) is 9.54. The fourth-order valence-electron chi connectivity index (χ4n) is 3.90. The summed E-state index contributed by atoms with van der Waals surface area (Å²) in [6, 6.07) is 27.6. The smallest absolute Gasteiger partial charge is 0.234 e. The molecule has 2 aromatic heterocycles. The molecule has 0 aliphatic heterocycles. The molecule has 2 heterocycles. The third kappa shape index (κ3) is 4.81. The van der Waals surface area contributed by atoms with Crippen LogP contribution in [0.3, 0.4) is 0 Å². The normalized spacial score (nSPS) is 11.0. The molecule has 0 fully saturated rings. The molecule has 1 amide bonds. The van der Waals surface area contributed by atoms with Gasteiger partial charge in [0.15, 0.2) is 11.5 Å². The van der Waals surface area contributed by atoms with Crippen molar-refractivity contribution < 1.29 is 4.79 Å². The lowest BCUT2D eigenvalue weighted by molar-refractivity contribution is -0.113. The van der Waals surface area contributed by atoms with Gasteiger partial charge in [-0.2, -0.15) is 5.10 Å². The van der Waals surface area contributed by atoms with Crippen molar-refractivity contribution in [3.8, 4) is 17.1 Å². The summed E-state index contributed by atoms with van der Waals surface area (Å²) in [6.07, 6.45) is 0.730. The molecule has 1 N–H and O–H groups in total. The number of thioether (sulfide) groups is 1. The molecule has 35 heavy (non-hydrogen) atoms. The van der Waals surface area contributed by atoms with Crippen molar-refractivity contribution in [2.75, 3.05) is 11.1 Å². The number of aryl methyl sites for hydroxylation is 2. The molecule has 0 aliphatic carbocycles. The number of nitrogens with one attached hydrogen (secondary N) is 1. The highest BCUT2D eigenvalue weighted by molar-refractivity contribution is 8.00. The van der Waals surface area contributed by atoms with Gasteiger partial charge in [-0.15, -0.1) is 0 Å². The van der Waals surface area contributed by atoms with Crippen LogP contribution in [0.25, 0.3) is 28.1 Å². The first-order valence-electron chi connectivity index (χ1n) is 11.5. The van der Waals surface area contributed by atoms with Gasteiger partial charge in [0.1, 0.15) is 5.03 Å². The zero-order chi connectivity index (χ0) is 24.2. The van der Waals surface area contributed by atoms with E-state index in [2.05, 4.69) is 12.2 Å². The molecule has 174 valence electrons. The second-order valence-electron chi connectivity index (χ2n) is 8.12. The lowest BCUT2D eigenvalue weighted by Crippen LogP contribution is -2.15. The molecule has 6 nitrogen and oxygen atoms in total. The number of carbonyl (C=O) groups excluding carboxylic acids is 1. The van der Waals surface area contributed by atoms with Crippen molar-refractivity contribution in [3.63, 3.8) is 0 Å². The summed E-state index contributed by atoms with van der Waals surface area (Å²) in [7, 11) is 0. The van der Waals surface area contributed by atoms with Crippen LogP contribution in [0.2, 0.25) is 0 Å². The second kappa shape index (κ2) is 10.1. The van der Waals surface area contributed by atoms with E-state index < -0.39 is 0 Å². The Hall–Kier alpha value is -3.97. The average Bonchev–Trinajstić information content (AvgIpc) is 3.28. The van der Waals surface area contributed by atoms with Crippen molar-refractivity contribution in [2.45, 2.75) is 25.3 Å². The van der Waals surface area contributed by atoms with Gasteiger partial charge in [-0.3, -0.25) is 4.79 Å². The van der Waals surface area contributed by atoms with Crippen LogP contribution in [0.1, 0.15) is 18.2 Å². The third-order valence-electron chi connectivity index (χ3n) is 5.69. The topological polar surface area (TPSA) is 72.7 Å². The van der Waals surface area contributed by atoms with E-state index in [1.807, 2.05) is 96.5 Å². The van der Waals surface area contributed by atoms with Crippen LogP contribution < -0.4 is 5.32 Å². The number of anilines is 1. The fraction of sp³-hybridized carbons (Fsp3) is 0.143. The maximum Gasteiger partial charge on any atom is 0.234 e. The average molecular weight is 480 g/mol. The number of hydrogen-bond acceptors (Lipinski definition) is 5. The number of nitrogens with zero attached hydrogens (tertiary/aromatic N) is 4. The highest BCUT2D eigenvalue weighted by Gasteiger charge is 2.20. The molecule has 0 saturated heterocycles. The molecule has 5 aromatic rings. The van der Waals surface area contributed by atoms with E-state index in [1.54, 1.807) is 0 Å². The number of aromatic nitrogens is 4. The largest absolute Gasteiger partial charge is 0.325 e. The number of benzene rings is 3. The minimum Gasteiger partial charge on any atom is -0.325 e. The van der Waals surface area contributed by atoms with Gasteiger partial charge in [0.2, 0.25) is 5.91 Å². The Bertz CT molecular complexity index is 1480. The van der Waals surface area contributed by atoms with Crippen molar-refractivity contribution in [2.24, 2.45) is 0 Å². The first-order chi connectivity index (χ1) is 17.1. The fourth-order valence-corrected chi connectivity index (χ4v) is 4.75. The van der Waals surface area contributed by atoms with Gasteiger partial charge in [0.25, 0.3) is 0 Å². The van der Waals surface area contributed by atoms with E-state index in [4.69, 9.17) is 15.1 Å². The van der Waals surface area contributed by atoms with Crippen molar-refractivity contribution in [1.82, 2.24) is 19.7 Å². The van der Waals surface area contributed by atoms with Gasteiger partial charge in [-0.25, -0.2) is 14.6 Å². The molecule has 3 aromatic carbocycles. The number of para-hydroxylation sites is 2. The van der Waals surface area contributed by atoms with Gasteiger partial charge >= 0.3 is 0 Å². The second-order valence-corrected chi connectivity index (χ2v) is 9.08. The summed E-state index contributed by atoms with van der Waals surface area (Å²) >= 11 is 1.41. The van der Waals surface area contributed by atoms with Crippen LogP contribution in [-0.2, 0) is 11.2 Å². The van der Waals surface area contributed by atoms with E-state index in [0.29, 0.717) is 5.82 Å². The van der Waals surface area contributed by atoms with Gasteiger partial charge in [-0.1, -0.05) is 85.4 Å². The Balaban J connectivity index is 1.57. The summed E-state index contributed by atoms with van der Waals surface area (Å²) in [5.74, 6) is 0.763. The summed E-state index contributed by atoms with van der Waals surface area (Å²) < 4.78 is 1.87. The molecule has 0 aliphatic rings. The minimum atomic E-state index is -0.0779. The van der Waals surface area contributed by atoms with Crippen LogP contribution in [0.4, 0.5) is 5.69 Å². The molecule has 0 unspecified atom stereocenters. The van der Waals surface area contributed by atoms with Crippen molar-refractivity contribution >= 4 is 34.4 Å². The number of rotatable bonds is 7. The molecule has 0 bridgehead atoms. The molecule has 0 atom stereocenters. The quantitative estimate of drug-likeness (QED) is 0.226. The van der Waals surface area contributed by atoms with E-state index >= 15 is 0 Å². The van der Waals surface area contributed by atoms with Gasteiger partial charge in [0, 0.05) is 11.3 Å². The van der Waals surface area contributed by atoms with E-state index in [1.165, 1.54) is 11.8 Å². The van der Waals surface area contributed by atoms with Gasteiger partial charge < -0.3 is 5.32 Å². The standard InChI is InChI=1S/C28H25N5OS/c1-3-22-25-27(33(32-22)21-15-8-5-9-16-21)30-26(20-13-6-4-7-14-20)31-28(25)35-18-24(34)29-23-17-11-10-12-19(23)2/h4-17H,3,18H2,1-2H3,(H,29,34). The predicted molar refractivity (Wildman–Crippen MR) is 142 cm³/mol. The van der Waals surface area contributed by atoms with Crippen LogP contribution in [0, 0.1) is 6.92 Å². The lowest BCUT2D eigenvalue weighted by Gasteiger charge is -2.10. The number of hydrogen-bond donors (Lipinski definition) is 1. The van der Waals surface area contributed by atoms with Crippen LogP contribution in [0.15, 0.2) is 90.0 Å². The van der Waals surface area contributed by atoms with E-state index in [-0.39, 0.29) is 11.7 Å². The van der Waals surface area contributed by atoms with E-state index in [9.17, 15) is 4.79 Å². The molecular formula is C28H25N5OS. The van der Waals surface area contributed by atoms with E-state index in [0.717, 1.165) is 50.7 Å². The SMILES string of the molecule is CCc1nn(-c2ccccc2)c2nc(-c3ccccc3)nc(SCC(=O)Nc3ccccc3C)c12. The highest BCUT2D eigenvalue weighted by Crippen LogP contribution is 2.32. The summed E-state index contributed by atoms with van der Waals surface area (Å²) in [5.41, 5.74) is 5.35. The zero-order valence-electron chi connectivity index (χ0n) is 19.6. The molecule has 5 rings (SSSR count). The van der Waals surface area contributed by atoms with Crippen LogP contribution >= 0.6 is 11.8 Å². The maximum absolute atomic E-state index is 12.8. The molecule has 0 spiro atoms. The first kappa shape index (κ1) is 22.8. The third-order valence-corrected chi connectivity index (χ3v) is 6.67. The molecule has 7 heteroatoms. The van der Waals surface area contributed by atoms with Gasteiger partial charge in [-0.05, 0) is 37.1 Å². The summed E-state index contributed by atoms with van der Waals surface area (Å²) in [4.78, 5) is 22.6. The molecule has 0 saturated carbocycles. The first-order valence-corrected chi connectivity index (χ1v) is 12.5. The number of fused-ring (bicyclic) bond motifs is 1. The number of amides is 1. The van der Waals surface area contributed by atoms with Crippen molar-refractivity contribution in [1.29, 1.82) is 0 Å². The number of carbonyl (C=O) groups is 1. The Morgan fingerprint density at radius 3 is 2.31 bits per heavy atom. The highest BCUT2D eigenvalue weighted by atomic mass is 32.2. The monoisotopic (exact) mass is 479 g/mol. The summed E-state index contributed by atoms with van der Waals surface area (Å²) in [6.45, 7) is 4.05. The minimum absolute atomic E-state index is 0.0779. The van der Waals surface area contributed by atoms with Gasteiger partial charge in [0.05, 0.1) is 22.5 Å². The Morgan fingerprint density at radius 2 is 1.60 bits per heavy atom. The Labute approximate surface area is 208 Å².